The Bertz CT molecular complexity index is 674. The summed E-state index contributed by atoms with van der Waals surface area (Å²) in [5.41, 5.74) is 3.31. The smallest absolute Gasteiger partial charge is 0.119 e. The lowest BCUT2D eigenvalue weighted by Gasteiger charge is -2.12. The van der Waals surface area contributed by atoms with Gasteiger partial charge in [0.15, 0.2) is 0 Å². The number of benzene rings is 2. The van der Waals surface area contributed by atoms with Crippen molar-refractivity contribution < 1.29 is 9.84 Å². The van der Waals surface area contributed by atoms with Crippen LogP contribution in [0.5, 0.6) is 5.75 Å². The van der Waals surface area contributed by atoms with Crippen LogP contribution < -0.4 is 4.74 Å². The highest BCUT2D eigenvalue weighted by atomic mass is 32.2. The molecule has 1 N–H and O–H groups in total. The van der Waals surface area contributed by atoms with E-state index in [2.05, 4.69) is 36.1 Å². The lowest BCUT2D eigenvalue weighted by atomic mass is 10.0. The first-order chi connectivity index (χ1) is 11.3. The van der Waals surface area contributed by atoms with Crippen molar-refractivity contribution >= 4 is 11.8 Å². The van der Waals surface area contributed by atoms with Gasteiger partial charge in [-0.15, -0.1) is 0 Å². The van der Waals surface area contributed by atoms with Crippen molar-refractivity contribution in [2.75, 3.05) is 18.1 Å². The molecule has 0 spiro atoms. The fraction of sp³-hybridized carbons (Fsp3) is 0.300. The van der Waals surface area contributed by atoms with Crippen molar-refractivity contribution in [3.05, 3.63) is 54.1 Å². The molecule has 0 amide bonds. The maximum absolute atomic E-state index is 8.74. The van der Waals surface area contributed by atoms with Gasteiger partial charge in [0.1, 0.15) is 11.9 Å². The van der Waals surface area contributed by atoms with E-state index in [9.17, 15) is 0 Å². The molecule has 118 valence electrons. The second-order valence-corrected chi connectivity index (χ2v) is 6.63. The van der Waals surface area contributed by atoms with Gasteiger partial charge in [-0.25, -0.2) is 0 Å². The van der Waals surface area contributed by atoms with Crippen LogP contribution in [0.2, 0.25) is 0 Å². The average Bonchev–Trinajstić information content (AvgIpc) is 3.10. The number of ether oxygens (including phenoxy) is 1. The molecule has 1 saturated heterocycles. The van der Waals surface area contributed by atoms with Crippen LogP contribution in [-0.2, 0) is 0 Å². The van der Waals surface area contributed by atoms with Crippen LogP contribution in [0.3, 0.4) is 0 Å². The fourth-order valence-corrected chi connectivity index (χ4v) is 3.58. The highest BCUT2D eigenvalue weighted by Gasteiger charge is 2.16. The molecule has 2 aromatic carbocycles. The van der Waals surface area contributed by atoms with E-state index < -0.39 is 0 Å². The summed E-state index contributed by atoms with van der Waals surface area (Å²) in [4.78, 5) is 0. The summed E-state index contributed by atoms with van der Waals surface area (Å²) in [6.45, 7) is 0.110. The number of hydrogen-bond acceptors (Lipinski definition) is 3. The average molecular weight is 324 g/mol. The Labute approximate surface area is 141 Å². The summed E-state index contributed by atoms with van der Waals surface area (Å²) in [6.07, 6.45) is 2.02. The monoisotopic (exact) mass is 324 g/mol. The third-order valence-corrected chi connectivity index (χ3v) is 4.86. The van der Waals surface area contributed by atoms with Crippen molar-refractivity contribution in [2.45, 2.75) is 18.9 Å². The van der Waals surface area contributed by atoms with Crippen LogP contribution in [0.4, 0.5) is 0 Å². The summed E-state index contributed by atoms with van der Waals surface area (Å²) >= 11 is 1.96. The zero-order chi connectivity index (χ0) is 15.9. The summed E-state index contributed by atoms with van der Waals surface area (Å²) in [7, 11) is 0. The summed E-state index contributed by atoms with van der Waals surface area (Å²) in [5.74, 6) is 9.23. The van der Waals surface area contributed by atoms with Gasteiger partial charge < -0.3 is 9.84 Å². The molecule has 1 atom stereocenters. The van der Waals surface area contributed by atoms with Gasteiger partial charge in [-0.2, -0.15) is 11.8 Å². The Morgan fingerprint density at radius 1 is 1.04 bits per heavy atom. The van der Waals surface area contributed by atoms with E-state index in [-0.39, 0.29) is 6.61 Å². The minimum absolute atomic E-state index is 0.110. The van der Waals surface area contributed by atoms with E-state index in [0.29, 0.717) is 12.5 Å². The van der Waals surface area contributed by atoms with E-state index in [1.54, 1.807) is 0 Å². The molecule has 1 aliphatic rings. The van der Waals surface area contributed by atoms with E-state index in [1.807, 2.05) is 36.0 Å². The van der Waals surface area contributed by atoms with Gasteiger partial charge in [0, 0.05) is 17.7 Å². The quantitative estimate of drug-likeness (QED) is 0.863. The Balaban J connectivity index is 1.65. The Morgan fingerprint density at radius 3 is 2.35 bits per heavy atom. The molecule has 1 aliphatic heterocycles. The molecular formula is C20H20O2S. The van der Waals surface area contributed by atoms with Gasteiger partial charge in [-0.1, -0.05) is 36.1 Å². The molecule has 0 saturated carbocycles. The van der Waals surface area contributed by atoms with Gasteiger partial charge in [-0.05, 0) is 47.6 Å². The van der Waals surface area contributed by atoms with Crippen LogP contribution in [-0.4, -0.2) is 29.3 Å². The topological polar surface area (TPSA) is 29.5 Å². The van der Waals surface area contributed by atoms with E-state index in [0.717, 1.165) is 23.5 Å². The van der Waals surface area contributed by atoms with Crippen molar-refractivity contribution in [2.24, 2.45) is 0 Å². The van der Waals surface area contributed by atoms with Crippen LogP contribution in [0, 0.1) is 11.8 Å². The van der Waals surface area contributed by atoms with E-state index >= 15 is 0 Å². The molecule has 0 bridgehead atoms. The first kappa shape index (κ1) is 16.0. The Kier molecular flexibility index (Phi) is 5.63. The molecule has 3 heteroatoms. The van der Waals surface area contributed by atoms with Crippen molar-refractivity contribution in [3.63, 3.8) is 0 Å². The number of aliphatic hydroxyl groups excluding tert-OH is 1. The van der Waals surface area contributed by atoms with Gasteiger partial charge in [0.2, 0.25) is 0 Å². The van der Waals surface area contributed by atoms with Gasteiger partial charge in [-0.3, -0.25) is 0 Å². The molecule has 0 aliphatic carbocycles. The summed E-state index contributed by atoms with van der Waals surface area (Å²) in [6, 6.07) is 16.5. The lowest BCUT2D eigenvalue weighted by Crippen LogP contribution is -2.14. The third-order valence-electron chi connectivity index (χ3n) is 3.73. The summed E-state index contributed by atoms with van der Waals surface area (Å²) < 4.78 is 5.98. The fourth-order valence-electron chi connectivity index (χ4n) is 2.49. The predicted octanol–water partition coefficient (Wildman–Crippen LogP) is 3.97. The molecule has 1 heterocycles. The number of hydrogen-bond donors (Lipinski definition) is 1. The highest BCUT2D eigenvalue weighted by Crippen LogP contribution is 2.26. The molecule has 0 aromatic heterocycles. The van der Waals surface area contributed by atoms with Crippen molar-refractivity contribution in [1.82, 2.24) is 0 Å². The Morgan fingerprint density at radius 2 is 1.74 bits per heavy atom. The maximum Gasteiger partial charge on any atom is 0.119 e. The minimum Gasteiger partial charge on any atom is -0.490 e. The first-order valence-corrected chi connectivity index (χ1v) is 9.05. The van der Waals surface area contributed by atoms with E-state index in [4.69, 9.17) is 9.84 Å². The molecule has 2 aromatic rings. The van der Waals surface area contributed by atoms with Crippen molar-refractivity contribution in [1.29, 1.82) is 0 Å². The van der Waals surface area contributed by atoms with Crippen LogP contribution in [0.1, 0.15) is 18.4 Å². The third kappa shape index (κ3) is 4.54. The second-order valence-electron chi connectivity index (χ2n) is 5.48. The van der Waals surface area contributed by atoms with Crippen LogP contribution in [0.25, 0.3) is 11.1 Å². The molecule has 0 radical (unpaired) electrons. The van der Waals surface area contributed by atoms with Gasteiger partial charge >= 0.3 is 0 Å². The second kappa shape index (κ2) is 8.10. The predicted molar refractivity (Wildman–Crippen MR) is 96.8 cm³/mol. The minimum atomic E-state index is 0.110. The Hall–Kier alpha value is -1.89. The van der Waals surface area contributed by atoms with Crippen molar-refractivity contribution in [3.8, 4) is 28.7 Å². The standard InChI is InChI=1S/C20H20O2S/c21-13-2-1-3-16-4-6-17(7-5-16)18-8-10-19(11-9-18)22-20-12-14-23-15-20/h4-11,20-21H,2,12-15H2. The summed E-state index contributed by atoms with van der Waals surface area (Å²) in [5, 5.41) is 8.74. The molecule has 23 heavy (non-hydrogen) atoms. The molecule has 1 fully saturated rings. The number of rotatable bonds is 4. The zero-order valence-corrected chi connectivity index (χ0v) is 13.8. The molecular weight excluding hydrogens is 304 g/mol. The van der Waals surface area contributed by atoms with Gasteiger partial charge in [0.25, 0.3) is 0 Å². The molecule has 3 rings (SSSR count). The number of thioether (sulfide) groups is 1. The molecule has 2 nitrogen and oxygen atoms in total. The SMILES string of the molecule is OCCC#Cc1ccc(-c2ccc(OC3CCSC3)cc2)cc1. The number of aliphatic hydroxyl groups is 1. The van der Waals surface area contributed by atoms with Gasteiger partial charge in [0.05, 0.1) is 6.61 Å². The maximum atomic E-state index is 8.74. The van der Waals surface area contributed by atoms with E-state index in [1.165, 1.54) is 16.9 Å². The zero-order valence-electron chi connectivity index (χ0n) is 13.0. The first-order valence-electron chi connectivity index (χ1n) is 7.90. The largest absolute Gasteiger partial charge is 0.490 e. The lowest BCUT2D eigenvalue weighted by molar-refractivity contribution is 0.229. The van der Waals surface area contributed by atoms with Crippen LogP contribution >= 0.6 is 11.8 Å². The molecule has 1 unspecified atom stereocenters. The van der Waals surface area contributed by atoms with Crippen LogP contribution in [0.15, 0.2) is 48.5 Å². The highest BCUT2D eigenvalue weighted by molar-refractivity contribution is 7.99. The normalized spacial score (nSPS) is 16.7.